The highest BCUT2D eigenvalue weighted by Gasteiger charge is 2.33. The first kappa shape index (κ1) is 15.4. The van der Waals surface area contributed by atoms with Gasteiger partial charge in [0.2, 0.25) is 0 Å². The highest BCUT2D eigenvalue weighted by Crippen LogP contribution is 2.29. The van der Waals surface area contributed by atoms with Crippen LogP contribution in [0.5, 0.6) is 0 Å². The maximum Gasteiger partial charge on any atom is 0.162 e. The lowest BCUT2D eigenvalue weighted by atomic mass is 9.87. The van der Waals surface area contributed by atoms with E-state index in [1.807, 2.05) is 6.92 Å². The summed E-state index contributed by atoms with van der Waals surface area (Å²) in [5.41, 5.74) is 0.442. The van der Waals surface area contributed by atoms with Gasteiger partial charge in [-0.1, -0.05) is 26.0 Å². The molecular weight excluding hydrogens is 260 g/mol. The lowest BCUT2D eigenvalue weighted by Crippen LogP contribution is -2.41. The van der Waals surface area contributed by atoms with E-state index in [2.05, 4.69) is 12.2 Å². The van der Waals surface area contributed by atoms with E-state index in [0.717, 1.165) is 32.1 Å². The topological polar surface area (TPSA) is 21.3 Å². The van der Waals surface area contributed by atoms with Crippen molar-refractivity contribution in [1.29, 1.82) is 0 Å². The molecule has 1 aliphatic rings. The first-order valence-electron chi connectivity index (χ1n) is 7.45. The van der Waals surface area contributed by atoms with Gasteiger partial charge < -0.3 is 10.1 Å². The summed E-state index contributed by atoms with van der Waals surface area (Å²) in [7, 11) is 0. The molecule has 1 heterocycles. The lowest BCUT2D eigenvalue weighted by molar-refractivity contribution is 0.0775. The van der Waals surface area contributed by atoms with Crippen LogP contribution in [0.25, 0.3) is 0 Å². The Hall–Kier alpha value is -1.00. The number of benzene rings is 1. The van der Waals surface area contributed by atoms with Gasteiger partial charge in [-0.25, -0.2) is 8.78 Å². The van der Waals surface area contributed by atoms with Crippen molar-refractivity contribution >= 4 is 0 Å². The average Bonchev–Trinajstić information content (AvgIpc) is 2.91. The van der Waals surface area contributed by atoms with Crippen LogP contribution in [-0.2, 0) is 11.2 Å². The fraction of sp³-hybridized carbons (Fsp3) is 0.625. The predicted molar refractivity (Wildman–Crippen MR) is 75.7 cm³/mol. The van der Waals surface area contributed by atoms with E-state index in [-0.39, 0.29) is 12.1 Å². The van der Waals surface area contributed by atoms with Crippen molar-refractivity contribution in [2.45, 2.75) is 45.3 Å². The molecule has 2 rings (SSSR count). The van der Waals surface area contributed by atoms with Gasteiger partial charge in [0.05, 0.1) is 6.10 Å². The predicted octanol–water partition coefficient (Wildman–Crippen LogP) is 3.30. The highest BCUT2D eigenvalue weighted by atomic mass is 19.2. The summed E-state index contributed by atoms with van der Waals surface area (Å²) in [5.74, 6) is -1.13. The van der Waals surface area contributed by atoms with E-state index >= 15 is 0 Å². The quantitative estimate of drug-likeness (QED) is 0.865. The summed E-state index contributed by atoms with van der Waals surface area (Å²) in [6.45, 7) is 5.71. The summed E-state index contributed by atoms with van der Waals surface area (Å²) in [6.07, 6.45) is 2.66. The van der Waals surface area contributed by atoms with Crippen molar-refractivity contribution in [3.63, 3.8) is 0 Å². The smallest absolute Gasteiger partial charge is 0.162 e. The van der Waals surface area contributed by atoms with Gasteiger partial charge in [0.1, 0.15) is 0 Å². The molecule has 112 valence electrons. The molecule has 1 aromatic carbocycles. The third kappa shape index (κ3) is 3.36. The summed E-state index contributed by atoms with van der Waals surface area (Å²) < 4.78 is 32.9. The minimum Gasteiger partial charge on any atom is -0.378 e. The Labute approximate surface area is 119 Å². The molecule has 3 unspecified atom stereocenters. The molecule has 1 N–H and O–H groups in total. The second-order valence-electron chi connectivity index (χ2n) is 5.35. The fourth-order valence-electron chi connectivity index (χ4n) is 3.13. The van der Waals surface area contributed by atoms with Crippen LogP contribution in [0.4, 0.5) is 8.78 Å². The molecule has 0 radical (unpaired) electrons. The Morgan fingerprint density at radius 1 is 1.35 bits per heavy atom. The molecule has 0 amide bonds. The second kappa shape index (κ2) is 7.14. The van der Waals surface area contributed by atoms with Gasteiger partial charge >= 0.3 is 0 Å². The molecule has 1 saturated heterocycles. The normalized spacial score (nSPS) is 24.0. The van der Waals surface area contributed by atoms with Gasteiger partial charge in [-0.05, 0) is 37.4 Å². The number of hydrogen-bond acceptors (Lipinski definition) is 2. The van der Waals surface area contributed by atoms with Crippen LogP contribution in [0.1, 0.15) is 32.3 Å². The van der Waals surface area contributed by atoms with E-state index in [4.69, 9.17) is 4.74 Å². The van der Waals surface area contributed by atoms with E-state index in [1.54, 1.807) is 12.1 Å². The molecule has 0 saturated carbocycles. The standard InChI is InChI=1S/C16H23F2NO/c1-3-15-12(8-9-20-15)14(19-4-2)10-11-6-5-7-13(17)16(11)18/h5-7,12,14-15,19H,3-4,8-10H2,1-2H3. The Balaban J connectivity index is 2.14. The Kier molecular flexibility index (Phi) is 5.49. The lowest BCUT2D eigenvalue weighted by Gasteiger charge is -2.28. The van der Waals surface area contributed by atoms with Crippen LogP contribution < -0.4 is 5.32 Å². The second-order valence-corrected chi connectivity index (χ2v) is 5.35. The zero-order valence-electron chi connectivity index (χ0n) is 12.2. The highest BCUT2D eigenvalue weighted by molar-refractivity contribution is 5.20. The third-order valence-electron chi connectivity index (χ3n) is 4.12. The van der Waals surface area contributed by atoms with Crippen molar-refractivity contribution < 1.29 is 13.5 Å². The molecule has 2 nitrogen and oxygen atoms in total. The first-order valence-corrected chi connectivity index (χ1v) is 7.45. The molecule has 4 heteroatoms. The fourth-order valence-corrected chi connectivity index (χ4v) is 3.13. The zero-order valence-corrected chi connectivity index (χ0v) is 12.2. The summed E-state index contributed by atoms with van der Waals surface area (Å²) in [5, 5.41) is 3.41. The van der Waals surface area contributed by atoms with Crippen molar-refractivity contribution in [2.24, 2.45) is 5.92 Å². The van der Waals surface area contributed by atoms with Gasteiger partial charge in [-0.15, -0.1) is 0 Å². The molecule has 1 aromatic rings. The van der Waals surface area contributed by atoms with Gasteiger partial charge in [0.25, 0.3) is 0 Å². The zero-order chi connectivity index (χ0) is 14.5. The van der Waals surface area contributed by atoms with Crippen LogP contribution in [0.15, 0.2) is 18.2 Å². The van der Waals surface area contributed by atoms with E-state index in [9.17, 15) is 8.78 Å². The Morgan fingerprint density at radius 3 is 2.85 bits per heavy atom. The molecule has 0 bridgehead atoms. The van der Waals surface area contributed by atoms with Crippen molar-refractivity contribution in [2.75, 3.05) is 13.2 Å². The summed E-state index contributed by atoms with van der Waals surface area (Å²) in [4.78, 5) is 0. The molecule has 3 atom stereocenters. The maximum absolute atomic E-state index is 13.8. The van der Waals surface area contributed by atoms with Gasteiger partial charge in [0.15, 0.2) is 11.6 Å². The number of halogens is 2. The van der Waals surface area contributed by atoms with Crippen molar-refractivity contribution in [3.8, 4) is 0 Å². The van der Waals surface area contributed by atoms with Crippen LogP contribution in [-0.4, -0.2) is 25.3 Å². The molecule has 1 aliphatic heterocycles. The van der Waals surface area contributed by atoms with Gasteiger partial charge in [-0.3, -0.25) is 0 Å². The molecule has 0 aromatic heterocycles. The van der Waals surface area contributed by atoms with E-state index in [1.165, 1.54) is 0 Å². The molecule has 0 spiro atoms. The van der Waals surface area contributed by atoms with Crippen LogP contribution in [0.2, 0.25) is 0 Å². The number of hydrogen-bond donors (Lipinski definition) is 1. The van der Waals surface area contributed by atoms with E-state index < -0.39 is 11.6 Å². The first-order chi connectivity index (χ1) is 9.67. The van der Waals surface area contributed by atoms with Crippen molar-refractivity contribution in [1.82, 2.24) is 5.32 Å². The van der Waals surface area contributed by atoms with E-state index in [0.29, 0.717) is 17.9 Å². The van der Waals surface area contributed by atoms with Crippen molar-refractivity contribution in [3.05, 3.63) is 35.4 Å². The molecule has 0 aliphatic carbocycles. The summed E-state index contributed by atoms with van der Waals surface area (Å²) >= 11 is 0. The Morgan fingerprint density at radius 2 is 2.15 bits per heavy atom. The molecule has 20 heavy (non-hydrogen) atoms. The number of nitrogens with one attached hydrogen (secondary N) is 1. The average molecular weight is 283 g/mol. The summed E-state index contributed by atoms with van der Waals surface area (Å²) in [6, 6.07) is 4.52. The van der Waals surface area contributed by atoms with Crippen LogP contribution >= 0.6 is 0 Å². The molecule has 1 fully saturated rings. The number of ether oxygens (including phenoxy) is 1. The van der Waals surface area contributed by atoms with Gasteiger partial charge in [0, 0.05) is 18.6 Å². The largest absolute Gasteiger partial charge is 0.378 e. The monoisotopic (exact) mass is 283 g/mol. The minimum absolute atomic E-state index is 0.128. The SMILES string of the molecule is CCNC(Cc1cccc(F)c1F)C1CCOC1CC. The van der Waals surface area contributed by atoms with Gasteiger partial charge in [-0.2, -0.15) is 0 Å². The van der Waals surface area contributed by atoms with Crippen LogP contribution in [0, 0.1) is 17.6 Å². The number of rotatable bonds is 6. The maximum atomic E-state index is 13.8. The Bertz CT molecular complexity index is 438. The van der Waals surface area contributed by atoms with Crippen LogP contribution in [0.3, 0.4) is 0 Å². The number of likely N-dealkylation sites (N-methyl/N-ethyl adjacent to an activating group) is 1. The third-order valence-corrected chi connectivity index (χ3v) is 4.12. The minimum atomic E-state index is -0.771. The molecular formula is C16H23F2NO.